The smallest absolute Gasteiger partial charge is 0.371 e. The number of imidazole rings is 1. The summed E-state index contributed by atoms with van der Waals surface area (Å²) in [6, 6.07) is 3.07. The van der Waals surface area contributed by atoms with E-state index in [0.717, 1.165) is 37.9 Å². The number of nitrogens with zero attached hydrogens (tertiary/aromatic N) is 2. The van der Waals surface area contributed by atoms with Crippen molar-refractivity contribution in [3.8, 4) is 0 Å². The molecule has 7 heteroatoms. The number of carboxylic acids is 2. The van der Waals surface area contributed by atoms with Gasteiger partial charge in [-0.15, -0.1) is 0 Å². The molecule has 0 amide bonds. The van der Waals surface area contributed by atoms with Crippen molar-refractivity contribution in [2.75, 3.05) is 0 Å². The maximum Gasteiger partial charge on any atom is 0.371 e. The number of rotatable bonds is 10. The molecular weight excluding hydrogens is 372 g/mol. The standard InChI is InChI=1S/C22H28N2O5/c1-2-3-8-20-23-13-17(12-16(21(25)26)11-15-6-4-5-7-15)24(20)14-18-9-10-19(29-18)22(27)28/h9-10,12-13,15H,2-8,11,14H2,1H3,(H,25,26)(H,27,28). The Labute approximate surface area is 170 Å². The summed E-state index contributed by atoms with van der Waals surface area (Å²) in [7, 11) is 0. The number of aryl methyl sites for hydroxylation is 1. The van der Waals surface area contributed by atoms with E-state index >= 15 is 0 Å². The van der Waals surface area contributed by atoms with Gasteiger partial charge in [-0.2, -0.15) is 0 Å². The molecule has 2 N–H and O–H groups in total. The van der Waals surface area contributed by atoms with E-state index in [2.05, 4.69) is 11.9 Å². The number of carboxylic acid groups (broad SMARTS) is 2. The van der Waals surface area contributed by atoms with Crippen LogP contribution in [0.5, 0.6) is 0 Å². The number of aromatic nitrogens is 2. The minimum absolute atomic E-state index is 0.111. The highest BCUT2D eigenvalue weighted by atomic mass is 16.4. The lowest BCUT2D eigenvalue weighted by Gasteiger charge is -2.12. The molecule has 2 aromatic heterocycles. The molecule has 1 fully saturated rings. The molecule has 0 aromatic carbocycles. The molecule has 1 aliphatic rings. The van der Waals surface area contributed by atoms with Gasteiger partial charge in [-0.25, -0.2) is 14.6 Å². The van der Waals surface area contributed by atoms with Crippen LogP contribution in [0, 0.1) is 5.92 Å². The first-order valence-electron chi connectivity index (χ1n) is 10.3. The molecule has 3 rings (SSSR count). The first-order chi connectivity index (χ1) is 14.0. The molecule has 156 valence electrons. The number of hydrogen-bond acceptors (Lipinski definition) is 4. The normalized spacial score (nSPS) is 15.1. The molecule has 0 unspecified atom stereocenters. The summed E-state index contributed by atoms with van der Waals surface area (Å²) in [4.78, 5) is 27.4. The fraction of sp³-hybridized carbons (Fsp3) is 0.500. The summed E-state index contributed by atoms with van der Waals surface area (Å²) in [5, 5.41) is 18.8. The monoisotopic (exact) mass is 400 g/mol. The maximum absolute atomic E-state index is 11.8. The van der Waals surface area contributed by atoms with Crippen molar-refractivity contribution in [2.24, 2.45) is 5.92 Å². The first kappa shape index (κ1) is 20.9. The van der Waals surface area contributed by atoms with Crippen LogP contribution < -0.4 is 0 Å². The van der Waals surface area contributed by atoms with Crippen LogP contribution in [0.2, 0.25) is 0 Å². The van der Waals surface area contributed by atoms with E-state index in [0.29, 0.717) is 35.9 Å². The van der Waals surface area contributed by atoms with Crippen LogP contribution >= 0.6 is 0 Å². The van der Waals surface area contributed by atoms with E-state index in [1.54, 1.807) is 18.3 Å². The van der Waals surface area contributed by atoms with Crippen molar-refractivity contribution in [2.45, 2.75) is 64.8 Å². The van der Waals surface area contributed by atoms with Crippen molar-refractivity contribution < 1.29 is 24.2 Å². The lowest BCUT2D eigenvalue weighted by molar-refractivity contribution is -0.132. The molecule has 0 atom stereocenters. The van der Waals surface area contributed by atoms with Crippen molar-refractivity contribution in [3.05, 3.63) is 46.9 Å². The number of aromatic carboxylic acids is 1. The number of carbonyl (C=O) groups is 2. The zero-order valence-corrected chi connectivity index (χ0v) is 16.8. The zero-order chi connectivity index (χ0) is 20.8. The first-order valence-corrected chi connectivity index (χ1v) is 10.3. The van der Waals surface area contributed by atoms with Gasteiger partial charge >= 0.3 is 11.9 Å². The van der Waals surface area contributed by atoms with Gasteiger partial charge in [0.1, 0.15) is 11.6 Å². The third-order valence-corrected chi connectivity index (χ3v) is 5.49. The molecule has 7 nitrogen and oxygen atoms in total. The maximum atomic E-state index is 11.8. The Balaban J connectivity index is 1.90. The summed E-state index contributed by atoms with van der Waals surface area (Å²) >= 11 is 0. The van der Waals surface area contributed by atoms with E-state index in [9.17, 15) is 14.7 Å². The fourth-order valence-corrected chi connectivity index (χ4v) is 3.91. The van der Waals surface area contributed by atoms with Crippen molar-refractivity contribution in [1.29, 1.82) is 0 Å². The van der Waals surface area contributed by atoms with Gasteiger partial charge in [0, 0.05) is 12.0 Å². The minimum atomic E-state index is -1.11. The molecule has 0 spiro atoms. The van der Waals surface area contributed by atoms with Gasteiger partial charge in [-0.05, 0) is 37.0 Å². The van der Waals surface area contributed by atoms with Crippen LogP contribution in [0.25, 0.3) is 6.08 Å². The van der Waals surface area contributed by atoms with Gasteiger partial charge in [-0.3, -0.25) is 0 Å². The fourth-order valence-electron chi connectivity index (χ4n) is 3.91. The van der Waals surface area contributed by atoms with Gasteiger partial charge in [0.2, 0.25) is 5.76 Å². The van der Waals surface area contributed by atoms with Gasteiger partial charge in [0.05, 0.1) is 18.4 Å². The second-order valence-electron chi connectivity index (χ2n) is 7.69. The summed E-state index contributed by atoms with van der Waals surface area (Å²) in [5.74, 6) is -0.349. The quantitative estimate of drug-likeness (QED) is 0.564. The average Bonchev–Trinajstić information content (AvgIpc) is 3.42. The topological polar surface area (TPSA) is 106 Å². The summed E-state index contributed by atoms with van der Waals surface area (Å²) in [6.45, 7) is 2.42. The number of furan rings is 1. The third kappa shape index (κ3) is 5.37. The van der Waals surface area contributed by atoms with Crippen LogP contribution in [0.3, 0.4) is 0 Å². The molecule has 0 radical (unpaired) electrons. The number of unbranched alkanes of at least 4 members (excludes halogenated alkanes) is 1. The highest BCUT2D eigenvalue weighted by Crippen LogP contribution is 2.31. The second kappa shape index (κ2) is 9.58. The van der Waals surface area contributed by atoms with E-state index in [1.807, 2.05) is 4.57 Å². The van der Waals surface area contributed by atoms with Gasteiger partial charge < -0.3 is 19.2 Å². The van der Waals surface area contributed by atoms with Crippen LogP contribution in [0.15, 0.2) is 28.3 Å². The van der Waals surface area contributed by atoms with E-state index in [1.165, 1.54) is 18.9 Å². The van der Waals surface area contributed by atoms with Crippen molar-refractivity contribution in [3.63, 3.8) is 0 Å². The highest BCUT2D eigenvalue weighted by Gasteiger charge is 2.21. The molecule has 1 aliphatic carbocycles. The Bertz CT molecular complexity index is 887. The summed E-state index contributed by atoms with van der Waals surface area (Å²) in [6.07, 6.45) is 11.2. The van der Waals surface area contributed by atoms with Crippen LogP contribution in [0.1, 0.15) is 79.7 Å². The van der Waals surface area contributed by atoms with E-state index < -0.39 is 11.9 Å². The lowest BCUT2D eigenvalue weighted by atomic mass is 9.97. The number of hydrogen-bond donors (Lipinski definition) is 2. The summed E-state index contributed by atoms with van der Waals surface area (Å²) in [5.41, 5.74) is 1.10. The molecule has 0 aliphatic heterocycles. The average molecular weight is 400 g/mol. The lowest BCUT2D eigenvalue weighted by Crippen LogP contribution is -2.09. The Morgan fingerprint density at radius 2 is 2.03 bits per heavy atom. The molecule has 0 bridgehead atoms. The predicted octanol–water partition coefficient (Wildman–Crippen LogP) is 4.61. The van der Waals surface area contributed by atoms with Crippen LogP contribution in [-0.2, 0) is 17.8 Å². The highest BCUT2D eigenvalue weighted by molar-refractivity contribution is 5.91. The second-order valence-corrected chi connectivity index (χ2v) is 7.69. The molecule has 2 heterocycles. The van der Waals surface area contributed by atoms with Crippen molar-refractivity contribution >= 4 is 18.0 Å². The van der Waals surface area contributed by atoms with E-state index in [4.69, 9.17) is 9.52 Å². The largest absolute Gasteiger partial charge is 0.478 e. The van der Waals surface area contributed by atoms with Gasteiger partial charge in [-0.1, -0.05) is 39.0 Å². The Morgan fingerprint density at radius 1 is 1.28 bits per heavy atom. The van der Waals surface area contributed by atoms with Gasteiger partial charge in [0.25, 0.3) is 0 Å². The van der Waals surface area contributed by atoms with E-state index in [-0.39, 0.29) is 5.76 Å². The van der Waals surface area contributed by atoms with Crippen LogP contribution in [0.4, 0.5) is 0 Å². The van der Waals surface area contributed by atoms with Crippen LogP contribution in [-0.4, -0.2) is 31.7 Å². The molecular formula is C22H28N2O5. The van der Waals surface area contributed by atoms with Gasteiger partial charge in [0.15, 0.2) is 0 Å². The zero-order valence-electron chi connectivity index (χ0n) is 16.8. The molecule has 29 heavy (non-hydrogen) atoms. The van der Waals surface area contributed by atoms with Crippen molar-refractivity contribution in [1.82, 2.24) is 9.55 Å². The summed E-state index contributed by atoms with van der Waals surface area (Å²) < 4.78 is 7.34. The predicted molar refractivity (Wildman–Crippen MR) is 108 cm³/mol. The number of aliphatic carboxylic acids is 1. The molecule has 1 saturated carbocycles. The SMILES string of the molecule is CCCCc1ncc(C=C(CC2CCCC2)C(=O)O)n1Cc1ccc(C(=O)O)o1. The minimum Gasteiger partial charge on any atom is -0.478 e. The Morgan fingerprint density at radius 3 is 2.66 bits per heavy atom. The Kier molecular flexibility index (Phi) is 6.90. The Hall–Kier alpha value is -2.83. The molecule has 0 saturated heterocycles. The molecule has 2 aromatic rings. The third-order valence-electron chi connectivity index (χ3n) is 5.49.